The highest BCUT2D eigenvalue weighted by Gasteiger charge is 2.26. The van der Waals surface area contributed by atoms with Gasteiger partial charge in [-0.25, -0.2) is 0 Å². The summed E-state index contributed by atoms with van der Waals surface area (Å²) in [5.41, 5.74) is 9.47. The van der Waals surface area contributed by atoms with Gasteiger partial charge in [0.25, 0.3) is 5.91 Å². The molecule has 0 saturated heterocycles. The highest BCUT2D eigenvalue weighted by molar-refractivity contribution is 6.30. The van der Waals surface area contributed by atoms with Crippen molar-refractivity contribution in [3.8, 4) is 11.1 Å². The summed E-state index contributed by atoms with van der Waals surface area (Å²) < 4.78 is 6.82. The number of aromatic nitrogens is 1. The van der Waals surface area contributed by atoms with Gasteiger partial charge >= 0.3 is 5.97 Å². The van der Waals surface area contributed by atoms with E-state index in [0.717, 1.165) is 22.5 Å². The zero-order valence-corrected chi connectivity index (χ0v) is 15.7. The molecular weight excluding hydrogens is 340 g/mol. The average Bonchev–Trinajstić information content (AvgIpc) is 2.85. The van der Waals surface area contributed by atoms with E-state index >= 15 is 0 Å². The molecule has 1 aromatic carbocycles. The Labute approximate surface area is 152 Å². The number of ether oxygens (including phenoxy) is 1. The van der Waals surface area contributed by atoms with Crippen molar-refractivity contribution in [1.29, 1.82) is 0 Å². The number of nitrogens with two attached hydrogens (primary N) is 1. The monoisotopic (exact) mass is 362 g/mol. The van der Waals surface area contributed by atoms with Gasteiger partial charge in [-0.2, -0.15) is 0 Å². The lowest BCUT2D eigenvalue weighted by Gasteiger charge is -2.16. The predicted molar refractivity (Wildman–Crippen MR) is 98.9 cm³/mol. The maximum atomic E-state index is 12.2. The van der Waals surface area contributed by atoms with Gasteiger partial charge in [0.05, 0.1) is 19.1 Å². The minimum absolute atomic E-state index is 0.117. The van der Waals surface area contributed by atoms with E-state index in [-0.39, 0.29) is 18.4 Å². The number of rotatable bonds is 6. The summed E-state index contributed by atoms with van der Waals surface area (Å²) in [5, 5.41) is 0.612. The van der Waals surface area contributed by atoms with Gasteiger partial charge in [-0.15, -0.1) is 0 Å². The maximum absolute atomic E-state index is 12.2. The van der Waals surface area contributed by atoms with E-state index < -0.39 is 5.91 Å². The van der Waals surface area contributed by atoms with Crippen molar-refractivity contribution in [2.24, 2.45) is 5.73 Å². The molecule has 0 unspecified atom stereocenters. The topological polar surface area (TPSA) is 74.3 Å². The number of carbonyl (C=O) groups excluding carboxylic acids is 2. The van der Waals surface area contributed by atoms with E-state index in [9.17, 15) is 9.59 Å². The first-order chi connectivity index (χ1) is 11.8. The summed E-state index contributed by atoms with van der Waals surface area (Å²) in [6.07, 6.45) is 0.683. The van der Waals surface area contributed by atoms with Crippen molar-refractivity contribution in [3.05, 3.63) is 46.2 Å². The number of amides is 1. The Morgan fingerprint density at radius 1 is 1.24 bits per heavy atom. The summed E-state index contributed by atoms with van der Waals surface area (Å²) in [6, 6.07) is 7.37. The molecule has 0 fully saturated rings. The van der Waals surface area contributed by atoms with Gasteiger partial charge in [0, 0.05) is 28.0 Å². The molecule has 0 bridgehead atoms. The van der Waals surface area contributed by atoms with Gasteiger partial charge in [-0.05, 0) is 44.9 Å². The third-order valence-electron chi connectivity index (χ3n) is 4.24. The lowest BCUT2D eigenvalue weighted by Crippen LogP contribution is -2.14. The Hall–Kier alpha value is -2.27. The minimum Gasteiger partial charge on any atom is -0.469 e. The van der Waals surface area contributed by atoms with Crippen LogP contribution in [-0.4, -0.2) is 23.6 Å². The fourth-order valence-electron chi connectivity index (χ4n) is 3.26. The van der Waals surface area contributed by atoms with E-state index in [1.54, 1.807) is 12.1 Å². The molecule has 5 nitrogen and oxygen atoms in total. The van der Waals surface area contributed by atoms with E-state index in [1.165, 1.54) is 7.11 Å². The molecule has 6 heteroatoms. The number of halogens is 1. The summed E-state index contributed by atoms with van der Waals surface area (Å²) in [6.45, 7) is 5.94. The Morgan fingerprint density at radius 2 is 1.84 bits per heavy atom. The van der Waals surface area contributed by atoms with Crippen molar-refractivity contribution in [3.63, 3.8) is 0 Å². The Morgan fingerprint density at radius 3 is 2.32 bits per heavy atom. The van der Waals surface area contributed by atoms with E-state index in [4.69, 9.17) is 22.1 Å². The van der Waals surface area contributed by atoms with Crippen LogP contribution in [-0.2, 0) is 16.0 Å². The van der Waals surface area contributed by atoms with Gasteiger partial charge < -0.3 is 15.0 Å². The van der Waals surface area contributed by atoms with Gasteiger partial charge in [-0.1, -0.05) is 23.7 Å². The van der Waals surface area contributed by atoms with Crippen LogP contribution in [0.15, 0.2) is 24.3 Å². The number of primary amides is 1. The first kappa shape index (κ1) is 19.1. The molecule has 0 spiro atoms. The second-order valence-electron chi connectivity index (χ2n) is 6.19. The first-order valence-corrected chi connectivity index (χ1v) is 8.51. The molecule has 2 N–H and O–H groups in total. The highest BCUT2D eigenvalue weighted by atomic mass is 35.5. The third-order valence-corrected chi connectivity index (χ3v) is 4.49. The second-order valence-corrected chi connectivity index (χ2v) is 6.63. The molecule has 0 aliphatic rings. The smallest absolute Gasteiger partial charge is 0.305 e. The van der Waals surface area contributed by atoms with Crippen LogP contribution in [0, 0.1) is 6.92 Å². The van der Waals surface area contributed by atoms with Gasteiger partial charge in [0.1, 0.15) is 0 Å². The van der Waals surface area contributed by atoms with Crippen LogP contribution in [0.25, 0.3) is 11.1 Å². The molecule has 0 radical (unpaired) electrons. The summed E-state index contributed by atoms with van der Waals surface area (Å²) in [5.74, 6) is -0.780. The molecule has 134 valence electrons. The predicted octanol–water partition coefficient (Wildman–Crippen LogP) is 3.90. The molecule has 0 saturated carbocycles. The van der Waals surface area contributed by atoms with Gasteiger partial charge in [-0.3, -0.25) is 9.59 Å². The Kier molecular flexibility index (Phi) is 5.90. The molecule has 1 aromatic heterocycles. The molecule has 0 atom stereocenters. The highest BCUT2D eigenvalue weighted by Crippen LogP contribution is 2.36. The van der Waals surface area contributed by atoms with Gasteiger partial charge in [0.15, 0.2) is 0 Å². The number of benzene rings is 1. The lowest BCUT2D eigenvalue weighted by atomic mass is 9.98. The van der Waals surface area contributed by atoms with E-state index in [0.29, 0.717) is 17.0 Å². The number of carbonyl (C=O) groups is 2. The second kappa shape index (κ2) is 7.74. The van der Waals surface area contributed by atoms with Crippen LogP contribution in [0.1, 0.15) is 48.1 Å². The standard InChI is InChI=1S/C19H23ClN2O3/c1-11(2)22-12(3)17(19(21)24)18(13-5-7-14(20)8-6-13)15(22)9-10-16(23)25-4/h5-8,11H,9-10H2,1-4H3,(H2,21,24). The number of hydrogen-bond acceptors (Lipinski definition) is 3. The van der Waals surface area contributed by atoms with Crippen LogP contribution < -0.4 is 5.73 Å². The minimum atomic E-state index is -0.485. The van der Waals surface area contributed by atoms with Crippen LogP contribution in [0.3, 0.4) is 0 Å². The molecule has 2 aromatic rings. The maximum Gasteiger partial charge on any atom is 0.305 e. The van der Waals surface area contributed by atoms with Crippen molar-refractivity contribution in [2.75, 3.05) is 7.11 Å². The molecule has 1 heterocycles. The van der Waals surface area contributed by atoms with Crippen LogP contribution >= 0.6 is 11.6 Å². The average molecular weight is 363 g/mol. The quantitative estimate of drug-likeness (QED) is 0.792. The molecule has 2 rings (SSSR count). The van der Waals surface area contributed by atoms with Crippen LogP contribution in [0.5, 0.6) is 0 Å². The van der Waals surface area contributed by atoms with Crippen molar-refractivity contribution in [2.45, 2.75) is 39.7 Å². The summed E-state index contributed by atoms with van der Waals surface area (Å²) in [4.78, 5) is 23.8. The molecule has 25 heavy (non-hydrogen) atoms. The fourth-order valence-corrected chi connectivity index (χ4v) is 3.39. The van der Waals surface area contributed by atoms with E-state index in [2.05, 4.69) is 4.57 Å². The molecule has 1 amide bonds. The van der Waals surface area contributed by atoms with Gasteiger partial charge in [0.2, 0.25) is 0 Å². The summed E-state index contributed by atoms with van der Waals surface area (Å²) in [7, 11) is 1.37. The molecule has 0 aliphatic heterocycles. The number of hydrogen-bond donors (Lipinski definition) is 1. The molecular formula is C19H23ClN2O3. The number of methoxy groups -OCH3 is 1. The van der Waals surface area contributed by atoms with Crippen LogP contribution in [0.4, 0.5) is 0 Å². The fraction of sp³-hybridized carbons (Fsp3) is 0.368. The zero-order valence-electron chi connectivity index (χ0n) is 14.9. The Balaban J connectivity index is 2.71. The number of esters is 1. The lowest BCUT2D eigenvalue weighted by molar-refractivity contribution is -0.140. The van der Waals surface area contributed by atoms with E-state index in [1.807, 2.05) is 32.9 Å². The largest absolute Gasteiger partial charge is 0.469 e. The van der Waals surface area contributed by atoms with Crippen LogP contribution in [0.2, 0.25) is 5.02 Å². The Bertz CT molecular complexity index is 792. The SMILES string of the molecule is COC(=O)CCc1c(-c2ccc(Cl)cc2)c(C(N)=O)c(C)n1C(C)C. The number of nitrogens with zero attached hydrogens (tertiary/aromatic N) is 1. The van der Waals surface area contributed by atoms with Crippen molar-refractivity contribution in [1.82, 2.24) is 4.57 Å². The van der Waals surface area contributed by atoms with Crippen molar-refractivity contribution < 1.29 is 14.3 Å². The zero-order chi connectivity index (χ0) is 18.7. The van der Waals surface area contributed by atoms with Crippen molar-refractivity contribution >= 4 is 23.5 Å². The molecule has 0 aliphatic carbocycles. The third kappa shape index (κ3) is 3.87. The summed E-state index contributed by atoms with van der Waals surface area (Å²) >= 11 is 5.99. The normalized spacial score (nSPS) is 11.0. The first-order valence-electron chi connectivity index (χ1n) is 8.14.